The van der Waals surface area contributed by atoms with Crippen molar-refractivity contribution in [3.05, 3.63) is 11.9 Å². The van der Waals surface area contributed by atoms with Crippen LogP contribution in [0, 0.1) is 5.92 Å². The smallest absolute Gasteiger partial charge is 0.242 e. The van der Waals surface area contributed by atoms with Crippen molar-refractivity contribution in [3.63, 3.8) is 0 Å². The monoisotopic (exact) mass is 250 g/mol. The number of hydrogen-bond acceptors (Lipinski definition) is 4. The molecule has 1 aliphatic rings. The third kappa shape index (κ3) is 3.38. The van der Waals surface area contributed by atoms with Crippen molar-refractivity contribution < 1.29 is 9.59 Å². The second-order valence-corrected chi connectivity index (χ2v) is 4.98. The molecule has 1 heterocycles. The van der Waals surface area contributed by atoms with Gasteiger partial charge in [0.25, 0.3) is 0 Å². The molecule has 6 nitrogen and oxygen atoms in total. The van der Waals surface area contributed by atoms with E-state index in [0.717, 1.165) is 18.8 Å². The molecule has 0 unspecified atom stereocenters. The van der Waals surface area contributed by atoms with E-state index in [4.69, 9.17) is 0 Å². The molecule has 0 aromatic carbocycles. The fourth-order valence-electron chi connectivity index (χ4n) is 2.27. The first-order valence-corrected chi connectivity index (χ1v) is 6.32. The van der Waals surface area contributed by atoms with E-state index >= 15 is 0 Å². The second-order valence-electron chi connectivity index (χ2n) is 4.98. The van der Waals surface area contributed by atoms with Gasteiger partial charge in [-0.05, 0) is 31.6 Å². The normalized spacial score (nSPS) is 23.6. The van der Waals surface area contributed by atoms with E-state index in [1.807, 2.05) is 0 Å². The lowest BCUT2D eigenvalue weighted by Crippen LogP contribution is -2.39. The van der Waals surface area contributed by atoms with Gasteiger partial charge in [-0.1, -0.05) is 12.1 Å². The van der Waals surface area contributed by atoms with Crippen LogP contribution in [0.4, 0.5) is 0 Å². The van der Waals surface area contributed by atoms with Crippen LogP contribution in [0.5, 0.6) is 0 Å². The van der Waals surface area contributed by atoms with Gasteiger partial charge in [0.15, 0.2) is 6.29 Å². The van der Waals surface area contributed by atoms with E-state index in [1.165, 1.54) is 23.7 Å². The predicted molar refractivity (Wildman–Crippen MR) is 65.0 cm³/mol. The van der Waals surface area contributed by atoms with E-state index in [2.05, 4.69) is 22.6 Å². The summed E-state index contributed by atoms with van der Waals surface area (Å²) in [5.74, 6) is 0.695. The lowest BCUT2D eigenvalue weighted by atomic mass is 9.87. The highest BCUT2D eigenvalue weighted by Gasteiger charge is 2.19. The molecule has 18 heavy (non-hydrogen) atoms. The van der Waals surface area contributed by atoms with Crippen molar-refractivity contribution >= 4 is 12.2 Å². The van der Waals surface area contributed by atoms with Gasteiger partial charge in [-0.15, -0.1) is 5.10 Å². The van der Waals surface area contributed by atoms with Crippen molar-refractivity contribution in [2.24, 2.45) is 5.92 Å². The molecule has 2 rings (SSSR count). The summed E-state index contributed by atoms with van der Waals surface area (Å²) in [7, 11) is 0. The Morgan fingerprint density at radius 2 is 2.22 bits per heavy atom. The molecule has 1 aromatic rings. The second kappa shape index (κ2) is 5.75. The molecule has 6 heteroatoms. The third-order valence-electron chi connectivity index (χ3n) is 3.36. The SMILES string of the molecule is CC1CCC(NC(=O)Cn2cc(C=O)nn2)CC1. The number of carbonyl (C=O) groups excluding carboxylic acids is 2. The molecule has 98 valence electrons. The Bertz CT molecular complexity index is 421. The Kier molecular flexibility index (Phi) is 4.07. The minimum atomic E-state index is -0.0723. The Labute approximate surface area is 106 Å². The van der Waals surface area contributed by atoms with Crippen LogP contribution in [-0.4, -0.2) is 33.2 Å². The Morgan fingerprint density at radius 1 is 1.50 bits per heavy atom. The van der Waals surface area contributed by atoms with Crippen molar-refractivity contribution in [2.45, 2.75) is 45.2 Å². The number of hydrogen-bond donors (Lipinski definition) is 1. The van der Waals surface area contributed by atoms with E-state index in [9.17, 15) is 9.59 Å². The Morgan fingerprint density at radius 3 is 2.83 bits per heavy atom. The molecule has 1 amide bonds. The Hall–Kier alpha value is -1.72. The van der Waals surface area contributed by atoms with Gasteiger partial charge in [0.1, 0.15) is 12.2 Å². The van der Waals surface area contributed by atoms with Crippen molar-refractivity contribution in [2.75, 3.05) is 0 Å². The molecule has 0 aliphatic heterocycles. The van der Waals surface area contributed by atoms with E-state index < -0.39 is 0 Å². The van der Waals surface area contributed by atoms with Gasteiger partial charge < -0.3 is 5.32 Å². The third-order valence-corrected chi connectivity index (χ3v) is 3.36. The minimum Gasteiger partial charge on any atom is -0.352 e. The summed E-state index contributed by atoms with van der Waals surface area (Å²) in [6, 6.07) is 0.280. The van der Waals surface area contributed by atoms with Crippen LogP contribution in [0.1, 0.15) is 43.1 Å². The number of carbonyl (C=O) groups is 2. The highest BCUT2D eigenvalue weighted by Crippen LogP contribution is 2.23. The highest BCUT2D eigenvalue weighted by molar-refractivity contribution is 5.76. The fraction of sp³-hybridized carbons (Fsp3) is 0.667. The molecule has 0 spiro atoms. The van der Waals surface area contributed by atoms with Gasteiger partial charge in [-0.25, -0.2) is 4.68 Å². The van der Waals surface area contributed by atoms with Crippen LogP contribution in [0.25, 0.3) is 0 Å². The summed E-state index contributed by atoms with van der Waals surface area (Å²) in [4.78, 5) is 22.2. The van der Waals surface area contributed by atoms with Gasteiger partial charge in [0.2, 0.25) is 5.91 Å². The maximum Gasteiger partial charge on any atom is 0.242 e. The first-order valence-electron chi connectivity index (χ1n) is 6.32. The molecule has 1 aromatic heterocycles. The average Bonchev–Trinajstić information content (AvgIpc) is 2.79. The molecule has 1 fully saturated rings. The topological polar surface area (TPSA) is 76.9 Å². The van der Waals surface area contributed by atoms with Gasteiger partial charge in [0, 0.05) is 6.04 Å². The summed E-state index contributed by atoms with van der Waals surface area (Å²) >= 11 is 0. The molecule has 0 atom stereocenters. The van der Waals surface area contributed by atoms with E-state index in [1.54, 1.807) is 0 Å². The van der Waals surface area contributed by atoms with Crippen LogP contribution < -0.4 is 5.32 Å². The maximum atomic E-state index is 11.8. The standard InChI is InChI=1S/C12H18N4O2/c1-9-2-4-10(5-3-9)13-12(18)7-16-6-11(8-17)14-15-16/h6,8-10H,2-5,7H2,1H3,(H,13,18). The van der Waals surface area contributed by atoms with Gasteiger partial charge in [0.05, 0.1) is 6.20 Å². The number of amides is 1. The molecule has 1 aliphatic carbocycles. The van der Waals surface area contributed by atoms with E-state index in [0.29, 0.717) is 6.29 Å². The number of nitrogens with one attached hydrogen (secondary N) is 1. The number of nitrogens with zero attached hydrogens (tertiary/aromatic N) is 3. The van der Waals surface area contributed by atoms with Crippen LogP contribution in [0.3, 0.4) is 0 Å². The first kappa shape index (κ1) is 12.7. The summed E-state index contributed by atoms with van der Waals surface area (Å²) in [5, 5.41) is 10.3. The summed E-state index contributed by atoms with van der Waals surface area (Å²) < 4.78 is 1.38. The molecule has 1 saturated carbocycles. The zero-order chi connectivity index (χ0) is 13.0. The molecular formula is C12H18N4O2. The highest BCUT2D eigenvalue weighted by atomic mass is 16.2. The minimum absolute atomic E-state index is 0.0723. The Balaban J connectivity index is 1.79. The molecule has 0 bridgehead atoms. The quantitative estimate of drug-likeness (QED) is 0.801. The zero-order valence-electron chi connectivity index (χ0n) is 10.5. The number of aromatic nitrogens is 3. The molecule has 1 N–H and O–H groups in total. The first-order chi connectivity index (χ1) is 8.67. The van der Waals surface area contributed by atoms with Crippen LogP contribution in [-0.2, 0) is 11.3 Å². The summed E-state index contributed by atoms with van der Waals surface area (Å²) in [6.07, 6.45) is 6.51. The molecule has 0 saturated heterocycles. The van der Waals surface area contributed by atoms with Gasteiger partial charge >= 0.3 is 0 Å². The zero-order valence-corrected chi connectivity index (χ0v) is 10.5. The predicted octanol–water partition coefficient (Wildman–Crippen LogP) is 0.785. The largest absolute Gasteiger partial charge is 0.352 e. The summed E-state index contributed by atoms with van der Waals surface area (Å²) in [5.41, 5.74) is 0.245. The number of rotatable bonds is 4. The fourth-order valence-corrected chi connectivity index (χ4v) is 2.27. The van der Waals surface area contributed by atoms with Crippen LogP contribution in [0.15, 0.2) is 6.20 Å². The molecule has 0 radical (unpaired) electrons. The van der Waals surface area contributed by atoms with Gasteiger partial charge in [-0.2, -0.15) is 0 Å². The van der Waals surface area contributed by atoms with Crippen LogP contribution in [0.2, 0.25) is 0 Å². The van der Waals surface area contributed by atoms with Crippen molar-refractivity contribution in [1.82, 2.24) is 20.3 Å². The van der Waals surface area contributed by atoms with E-state index in [-0.39, 0.29) is 24.2 Å². The lowest BCUT2D eigenvalue weighted by molar-refractivity contribution is -0.122. The molecular weight excluding hydrogens is 232 g/mol. The van der Waals surface area contributed by atoms with Gasteiger partial charge in [-0.3, -0.25) is 9.59 Å². The number of aldehydes is 1. The van der Waals surface area contributed by atoms with Crippen molar-refractivity contribution in [1.29, 1.82) is 0 Å². The lowest BCUT2D eigenvalue weighted by Gasteiger charge is -2.26. The maximum absolute atomic E-state index is 11.8. The average molecular weight is 250 g/mol. The van der Waals surface area contributed by atoms with Crippen LogP contribution >= 0.6 is 0 Å². The summed E-state index contributed by atoms with van der Waals surface area (Å²) in [6.45, 7) is 2.36. The van der Waals surface area contributed by atoms with Crippen molar-refractivity contribution in [3.8, 4) is 0 Å².